The summed E-state index contributed by atoms with van der Waals surface area (Å²) < 4.78 is 0. The monoisotopic (exact) mass is 193 g/mol. The van der Waals surface area contributed by atoms with Crippen LogP contribution in [0, 0.1) is 6.92 Å². The van der Waals surface area contributed by atoms with Crippen molar-refractivity contribution in [1.82, 2.24) is 10.2 Å². The van der Waals surface area contributed by atoms with Crippen molar-refractivity contribution in [2.45, 2.75) is 33.6 Å². The molecule has 0 spiro atoms. The van der Waals surface area contributed by atoms with E-state index in [0.717, 1.165) is 37.4 Å². The molecule has 1 aromatic rings. The predicted octanol–water partition coefficient (Wildman–Crippen LogP) is 2.41. The van der Waals surface area contributed by atoms with E-state index >= 15 is 0 Å². The third kappa shape index (κ3) is 2.98. The molecular formula is C11H19N3. The second-order valence-corrected chi connectivity index (χ2v) is 3.52. The Morgan fingerprint density at radius 3 is 2.14 bits per heavy atom. The molecule has 14 heavy (non-hydrogen) atoms. The van der Waals surface area contributed by atoms with E-state index in [0.29, 0.717) is 0 Å². The number of rotatable bonds is 5. The Hall–Kier alpha value is -1.12. The lowest BCUT2D eigenvalue weighted by Gasteiger charge is -2.21. The van der Waals surface area contributed by atoms with Crippen LogP contribution in [0.25, 0.3) is 0 Å². The molecule has 0 aliphatic rings. The lowest BCUT2D eigenvalue weighted by atomic mass is 10.3. The molecule has 0 saturated carbocycles. The Morgan fingerprint density at radius 1 is 1.07 bits per heavy atom. The Bertz CT molecular complexity index is 250. The van der Waals surface area contributed by atoms with E-state index in [9.17, 15) is 0 Å². The molecule has 3 heteroatoms. The summed E-state index contributed by atoms with van der Waals surface area (Å²) in [6.07, 6.45) is 2.30. The SMILES string of the molecule is CCCN(CCC)c1ccc(C)nn1. The first-order chi connectivity index (χ1) is 6.77. The highest BCUT2D eigenvalue weighted by Crippen LogP contribution is 2.10. The van der Waals surface area contributed by atoms with Crippen LogP contribution in [0.15, 0.2) is 12.1 Å². The highest BCUT2D eigenvalue weighted by atomic mass is 15.3. The topological polar surface area (TPSA) is 29.0 Å². The van der Waals surface area contributed by atoms with Crippen LogP contribution in [0.2, 0.25) is 0 Å². The van der Waals surface area contributed by atoms with Gasteiger partial charge in [0.15, 0.2) is 5.82 Å². The molecule has 78 valence electrons. The quantitative estimate of drug-likeness (QED) is 0.719. The average molecular weight is 193 g/mol. The zero-order valence-electron chi connectivity index (χ0n) is 9.32. The molecule has 0 unspecified atom stereocenters. The average Bonchev–Trinajstić information content (AvgIpc) is 2.19. The van der Waals surface area contributed by atoms with Crippen molar-refractivity contribution < 1.29 is 0 Å². The van der Waals surface area contributed by atoms with Gasteiger partial charge in [-0.1, -0.05) is 13.8 Å². The Balaban J connectivity index is 2.71. The largest absolute Gasteiger partial charge is 0.355 e. The maximum Gasteiger partial charge on any atom is 0.151 e. The van der Waals surface area contributed by atoms with Crippen molar-refractivity contribution in [3.8, 4) is 0 Å². The summed E-state index contributed by atoms with van der Waals surface area (Å²) >= 11 is 0. The minimum Gasteiger partial charge on any atom is -0.355 e. The van der Waals surface area contributed by atoms with Crippen LogP contribution in [0.5, 0.6) is 0 Å². The third-order valence-electron chi connectivity index (χ3n) is 2.09. The molecule has 0 saturated heterocycles. The zero-order chi connectivity index (χ0) is 10.4. The maximum atomic E-state index is 4.19. The minimum atomic E-state index is 0.974. The summed E-state index contributed by atoms with van der Waals surface area (Å²) in [5, 5.41) is 8.26. The van der Waals surface area contributed by atoms with Gasteiger partial charge in [0, 0.05) is 13.1 Å². The van der Waals surface area contributed by atoms with Gasteiger partial charge in [0.25, 0.3) is 0 Å². The highest BCUT2D eigenvalue weighted by molar-refractivity contribution is 5.36. The fourth-order valence-electron chi connectivity index (χ4n) is 1.44. The van der Waals surface area contributed by atoms with Crippen LogP contribution >= 0.6 is 0 Å². The highest BCUT2D eigenvalue weighted by Gasteiger charge is 2.05. The molecule has 0 aromatic carbocycles. The van der Waals surface area contributed by atoms with Crippen molar-refractivity contribution in [3.05, 3.63) is 17.8 Å². The van der Waals surface area contributed by atoms with Crippen molar-refractivity contribution in [2.75, 3.05) is 18.0 Å². The summed E-state index contributed by atoms with van der Waals surface area (Å²) in [7, 11) is 0. The summed E-state index contributed by atoms with van der Waals surface area (Å²) in [5.74, 6) is 0.999. The van der Waals surface area contributed by atoms with Gasteiger partial charge in [-0.25, -0.2) is 0 Å². The van der Waals surface area contributed by atoms with Crippen LogP contribution in [0.3, 0.4) is 0 Å². The van der Waals surface area contributed by atoms with E-state index in [1.807, 2.05) is 19.1 Å². The molecule has 0 atom stereocenters. The van der Waals surface area contributed by atoms with E-state index < -0.39 is 0 Å². The zero-order valence-corrected chi connectivity index (χ0v) is 9.32. The van der Waals surface area contributed by atoms with Gasteiger partial charge < -0.3 is 4.90 Å². The van der Waals surface area contributed by atoms with Gasteiger partial charge in [-0.2, -0.15) is 5.10 Å². The molecule has 0 bridgehead atoms. The van der Waals surface area contributed by atoms with E-state index in [-0.39, 0.29) is 0 Å². The number of aromatic nitrogens is 2. The summed E-state index contributed by atoms with van der Waals surface area (Å²) in [6.45, 7) is 8.45. The number of hydrogen-bond donors (Lipinski definition) is 0. The molecule has 0 N–H and O–H groups in total. The molecule has 0 radical (unpaired) electrons. The van der Waals surface area contributed by atoms with E-state index in [1.165, 1.54) is 0 Å². The van der Waals surface area contributed by atoms with Gasteiger partial charge in [0.05, 0.1) is 5.69 Å². The number of hydrogen-bond acceptors (Lipinski definition) is 3. The van der Waals surface area contributed by atoms with E-state index in [2.05, 4.69) is 28.9 Å². The summed E-state index contributed by atoms with van der Waals surface area (Å²) in [4.78, 5) is 2.28. The first-order valence-electron chi connectivity index (χ1n) is 5.33. The Labute approximate surface area is 86.2 Å². The van der Waals surface area contributed by atoms with Gasteiger partial charge in [-0.3, -0.25) is 0 Å². The standard InChI is InChI=1S/C11H19N3/c1-4-8-14(9-5-2)11-7-6-10(3)12-13-11/h6-7H,4-5,8-9H2,1-3H3. The second kappa shape index (κ2) is 5.58. The molecular weight excluding hydrogens is 174 g/mol. The Morgan fingerprint density at radius 2 is 1.71 bits per heavy atom. The first-order valence-corrected chi connectivity index (χ1v) is 5.33. The smallest absolute Gasteiger partial charge is 0.151 e. The molecule has 0 aliphatic carbocycles. The lowest BCUT2D eigenvalue weighted by Crippen LogP contribution is -2.26. The van der Waals surface area contributed by atoms with E-state index in [4.69, 9.17) is 0 Å². The fourth-order valence-corrected chi connectivity index (χ4v) is 1.44. The first kappa shape index (κ1) is 11.0. The molecule has 0 amide bonds. The van der Waals surface area contributed by atoms with Crippen molar-refractivity contribution in [2.24, 2.45) is 0 Å². The molecule has 0 fully saturated rings. The molecule has 0 aliphatic heterocycles. The van der Waals surface area contributed by atoms with Gasteiger partial charge in [0.1, 0.15) is 0 Å². The predicted molar refractivity (Wildman–Crippen MR) is 59.6 cm³/mol. The number of anilines is 1. The van der Waals surface area contributed by atoms with Crippen LogP contribution in [-0.2, 0) is 0 Å². The maximum absolute atomic E-state index is 4.19. The lowest BCUT2D eigenvalue weighted by molar-refractivity contribution is 0.724. The number of nitrogens with zero attached hydrogens (tertiary/aromatic N) is 3. The third-order valence-corrected chi connectivity index (χ3v) is 2.09. The molecule has 3 nitrogen and oxygen atoms in total. The van der Waals surface area contributed by atoms with E-state index in [1.54, 1.807) is 0 Å². The van der Waals surface area contributed by atoms with Crippen LogP contribution in [0.4, 0.5) is 5.82 Å². The molecule has 1 heterocycles. The fraction of sp³-hybridized carbons (Fsp3) is 0.636. The molecule has 1 rings (SSSR count). The molecule has 1 aromatic heterocycles. The van der Waals surface area contributed by atoms with Gasteiger partial charge >= 0.3 is 0 Å². The Kier molecular flexibility index (Phi) is 4.36. The van der Waals surface area contributed by atoms with Gasteiger partial charge in [-0.05, 0) is 31.9 Å². The van der Waals surface area contributed by atoms with Crippen molar-refractivity contribution in [3.63, 3.8) is 0 Å². The second-order valence-electron chi connectivity index (χ2n) is 3.52. The van der Waals surface area contributed by atoms with Crippen molar-refractivity contribution >= 4 is 5.82 Å². The van der Waals surface area contributed by atoms with Gasteiger partial charge in [-0.15, -0.1) is 5.10 Å². The number of aryl methyl sites for hydroxylation is 1. The van der Waals surface area contributed by atoms with Crippen LogP contribution in [-0.4, -0.2) is 23.3 Å². The van der Waals surface area contributed by atoms with Crippen LogP contribution in [0.1, 0.15) is 32.4 Å². The minimum absolute atomic E-state index is 0.974. The van der Waals surface area contributed by atoms with Crippen molar-refractivity contribution in [1.29, 1.82) is 0 Å². The summed E-state index contributed by atoms with van der Waals surface area (Å²) in [6, 6.07) is 4.06. The van der Waals surface area contributed by atoms with Gasteiger partial charge in [0.2, 0.25) is 0 Å². The van der Waals surface area contributed by atoms with Crippen LogP contribution < -0.4 is 4.90 Å². The normalized spacial score (nSPS) is 10.2. The summed E-state index contributed by atoms with van der Waals surface area (Å²) in [5.41, 5.74) is 0.974.